The lowest BCUT2D eigenvalue weighted by Gasteiger charge is -2.09. The average molecular weight is 387 g/mol. The van der Waals surface area contributed by atoms with Gasteiger partial charge in [0.05, 0.1) is 10.9 Å². The molecule has 1 aromatic heterocycles. The Morgan fingerprint density at radius 3 is 2.62 bits per heavy atom. The van der Waals surface area contributed by atoms with Gasteiger partial charge >= 0.3 is 0 Å². The summed E-state index contributed by atoms with van der Waals surface area (Å²) in [5, 5.41) is 13.3. The molecule has 0 aliphatic carbocycles. The second-order valence-electron chi connectivity index (χ2n) is 6.78. The minimum atomic E-state index is -0.132. The molecule has 144 valence electrons. The maximum absolute atomic E-state index is 12.7. The number of benzene rings is 3. The van der Waals surface area contributed by atoms with Crippen LogP contribution in [-0.2, 0) is 6.54 Å². The molecule has 4 aromatic rings. The molecule has 0 bridgehead atoms. The lowest BCUT2D eigenvalue weighted by atomic mass is 10.1. The molecule has 2 N–H and O–H groups in total. The van der Waals surface area contributed by atoms with Crippen molar-refractivity contribution in [1.29, 1.82) is 0 Å². The molecule has 6 heteroatoms. The molecule has 0 saturated heterocycles. The summed E-state index contributed by atoms with van der Waals surface area (Å²) in [7, 11) is 0. The van der Waals surface area contributed by atoms with Crippen molar-refractivity contribution in [2.24, 2.45) is 0 Å². The summed E-state index contributed by atoms with van der Waals surface area (Å²) in [6.45, 7) is 0.898. The standard InChI is InChI=1S/C23H17NO5/c25-17-6-7-18-21(10-17)27-12-19(23(18)26)15-2-4-16(5-3-15)24-11-14-1-8-20-22(9-14)29-13-28-20/h1-10,12,24-25H,11,13H2. The SMILES string of the molecule is O=c1c(-c2ccc(NCc3ccc4c(c3)OCO4)cc2)coc2cc(O)ccc12. The third kappa shape index (κ3) is 3.25. The van der Waals surface area contributed by atoms with Gasteiger partial charge in [0, 0.05) is 18.3 Å². The van der Waals surface area contributed by atoms with Crippen LogP contribution in [0.4, 0.5) is 5.69 Å². The molecule has 1 aliphatic rings. The van der Waals surface area contributed by atoms with Crippen LogP contribution in [0.3, 0.4) is 0 Å². The maximum Gasteiger partial charge on any atom is 0.231 e. The zero-order chi connectivity index (χ0) is 19.8. The van der Waals surface area contributed by atoms with E-state index in [0.717, 1.165) is 28.3 Å². The van der Waals surface area contributed by atoms with Gasteiger partial charge in [0.25, 0.3) is 0 Å². The second-order valence-corrected chi connectivity index (χ2v) is 6.78. The second kappa shape index (κ2) is 6.91. The summed E-state index contributed by atoms with van der Waals surface area (Å²) < 4.78 is 16.3. The molecule has 6 nitrogen and oxygen atoms in total. The Balaban J connectivity index is 1.35. The predicted molar refractivity (Wildman–Crippen MR) is 109 cm³/mol. The predicted octanol–water partition coefficient (Wildman–Crippen LogP) is 4.51. The number of ether oxygens (including phenoxy) is 2. The van der Waals surface area contributed by atoms with Crippen molar-refractivity contribution < 1.29 is 19.0 Å². The first-order valence-electron chi connectivity index (χ1n) is 9.15. The third-order valence-electron chi connectivity index (χ3n) is 4.89. The van der Waals surface area contributed by atoms with Gasteiger partial charge in [-0.05, 0) is 47.5 Å². The highest BCUT2D eigenvalue weighted by atomic mass is 16.7. The minimum Gasteiger partial charge on any atom is -0.508 e. The van der Waals surface area contributed by atoms with Crippen LogP contribution in [0, 0.1) is 0 Å². The van der Waals surface area contributed by atoms with E-state index in [1.807, 2.05) is 42.5 Å². The van der Waals surface area contributed by atoms with E-state index < -0.39 is 0 Å². The van der Waals surface area contributed by atoms with Gasteiger partial charge in [-0.3, -0.25) is 4.79 Å². The van der Waals surface area contributed by atoms with E-state index in [4.69, 9.17) is 13.9 Å². The van der Waals surface area contributed by atoms with Gasteiger partial charge in [-0.25, -0.2) is 0 Å². The quantitative estimate of drug-likeness (QED) is 0.536. The highest BCUT2D eigenvalue weighted by molar-refractivity contribution is 5.82. The van der Waals surface area contributed by atoms with Crippen molar-refractivity contribution in [3.8, 4) is 28.4 Å². The molecule has 0 amide bonds. The van der Waals surface area contributed by atoms with Crippen molar-refractivity contribution in [3.63, 3.8) is 0 Å². The molecule has 0 saturated carbocycles. The molecule has 2 heterocycles. The number of phenolic OH excluding ortho intramolecular Hbond substituents is 1. The van der Waals surface area contributed by atoms with E-state index in [2.05, 4.69) is 5.32 Å². The molecule has 0 atom stereocenters. The van der Waals surface area contributed by atoms with Gasteiger partial charge in [-0.15, -0.1) is 0 Å². The first-order valence-corrected chi connectivity index (χ1v) is 9.15. The fraction of sp³-hybridized carbons (Fsp3) is 0.0870. The molecule has 0 radical (unpaired) electrons. The number of rotatable bonds is 4. The van der Waals surface area contributed by atoms with Crippen LogP contribution in [0.2, 0.25) is 0 Å². The van der Waals surface area contributed by atoms with E-state index in [0.29, 0.717) is 23.1 Å². The fourth-order valence-electron chi connectivity index (χ4n) is 3.34. The van der Waals surface area contributed by atoms with E-state index >= 15 is 0 Å². The van der Waals surface area contributed by atoms with Gasteiger partial charge in [0.1, 0.15) is 17.6 Å². The van der Waals surface area contributed by atoms with E-state index in [9.17, 15) is 9.90 Å². The summed E-state index contributed by atoms with van der Waals surface area (Å²) in [6.07, 6.45) is 1.43. The van der Waals surface area contributed by atoms with Crippen molar-refractivity contribution in [1.82, 2.24) is 0 Å². The monoisotopic (exact) mass is 387 g/mol. The zero-order valence-electron chi connectivity index (χ0n) is 15.3. The number of hydrogen-bond donors (Lipinski definition) is 2. The first kappa shape index (κ1) is 17.2. The van der Waals surface area contributed by atoms with E-state index in [1.165, 1.54) is 18.4 Å². The Hall–Kier alpha value is -3.93. The maximum atomic E-state index is 12.7. The number of anilines is 1. The van der Waals surface area contributed by atoms with Crippen LogP contribution in [0.25, 0.3) is 22.1 Å². The van der Waals surface area contributed by atoms with Crippen molar-refractivity contribution >= 4 is 16.7 Å². The minimum absolute atomic E-state index is 0.0614. The van der Waals surface area contributed by atoms with Crippen molar-refractivity contribution in [3.05, 3.63) is 82.7 Å². The largest absolute Gasteiger partial charge is 0.508 e. The van der Waals surface area contributed by atoms with Crippen LogP contribution >= 0.6 is 0 Å². The number of fused-ring (bicyclic) bond motifs is 2. The molecule has 29 heavy (non-hydrogen) atoms. The first-order chi connectivity index (χ1) is 14.2. The van der Waals surface area contributed by atoms with Gasteiger partial charge in [0.15, 0.2) is 16.9 Å². The van der Waals surface area contributed by atoms with Gasteiger partial charge in [-0.2, -0.15) is 0 Å². The number of nitrogens with one attached hydrogen (secondary N) is 1. The Bertz CT molecular complexity index is 1260. The molecular weight excluding hydrogens is 370 g/mol. The lowest BCUT2D eigenvalue weighted by molar-refractivity contribution is 0.174. The van der Waals surface area contributed by atoms with Crippen molar-refractivity contribution in [2.75, 3.05) is 12.1 Å². The van der Waals surface area contributed by atoms with Gasteiger partial charge < -0.3 is 24.3 Å². The van der Waals surface area contributed by atoms with Crippen molar-refractivity contribution in [2.45, 2.75) is 6.54 Å². The summed E-state index contributed by atoms with van der Waals surface area (Å²) in [5.74, 6) is 1.59. The van der Waals surface area contributed by atoms with Gasteiger partial charge in [0.2, 0.25) is 6.79 Å². The van der Waals surface area contributed by atoms with Crippen LogP contribution in [0.5, 0.6) is 17.2 Å². The van der Waals surface area contributed by atoms with Crippen LogP contribution < -0.4 is 20.2 Å². The molecule has 0 spiro atoms. The Kier molecular flexibility index (Phi) is 4.09. The molecule has 1 aliphatic heterocycles. The highest BCUT2D eigenvalue weighted by Crippen LogP contribution is 2.32. The Morgan fingerprint density at radius 1 is 0.931 bits per heavy atom. The van der Waals surface area contributed by atoms with Gasteiger partial charge in [-0.1, -0.05) is 18.2 Å². The average Bonchev–Trinajstić information content (AvgIpc) is 3.21. The van der Waals surface area contributed by atoms with Crippen LogP contribution in [0.1, 0.15) is 5.56 Å². The smallest absolute Gasteiger partial charge is 0.231 e. The molecule has 3 aromatic carbocycles. The zero-order valence-corrected chi connectivity index (χ0v) is 15.3. The molecule has 0 fully saturated rings. The van der Waals surface area contributed by atoms with E-state index in [-0.39, 0.29) is 18.0 Å². The molecule has 0 unspecified atom stereocenters. The Labute approximate surface area is 165 Å². The van der Waals surface area contributed by atoms with Crippen LogP contribution in [0.15, 0.2) is 76.1 Å². The summed E-state index contributed by atoms with van der Waals surface area (Å²) in [5.41, 5.74) is 3.49. The fourth-order valence-corrected chi connectivity index (χ4v) is 3.34. The lowest BCUT2D eigenvalue weighted by Crippen LogP contribution is -2.05. The number of phenols is 1. The summed E-state index contributed by atoms with van der Waals surface area (Å²) >= 11 is 0. The Morgan fingerprint density at radius 2 is 1.76 bits per heavy atom. The molecular formula is C23H17NO5. The van der Waals surface area contributed by atoms with Crippen LogP contribution in [-0.4, -0.2) is 11.9 Å². The third-order valence-corrected chi connectivity index (χ3v) is 4.89. The normalized spacial score (nSPS) is 12.3. The summed E-state index contributed by atoms with van der Waals surface area (Å²) in [4.78, 5) is 12.7. The number of aromatic hydroxyl groups is 1. The number of hydrogen-bond acceptors (Lipinski definition) is 6. The molecule has 5 rings (SSSR count). The highest BCUT2D eigenvalue weighted by Gasteiger charge is 2.13. The summed E-state index contributed by atoms with van der Waals surface area (Å²) in [6, 6.07) is 17.9. The van der Waals surface area contributed by atoms with E-state index in [1.54, 1.807) is 6.07 Å². The topological polar surface area (TPSA) is 80.9 Å².